The molecule has 4 heterocycles. The molecule has 5 nitrogen and oxygen atoms in total. The molecule has 2 fully saturated rings. The molecular weight excluding hydrogens is 358 g/mol. The number of rotatable bonds is 3. The van der Waals surface area contributed by atoms with Crippen molar-refractivity contribution in [2.75, 3.05) is 18.8 Å². The molecule has 1 spiro atoms. The summed E-state index contributed by atoms with van der Waals surface area (Å²) in [6, 6.07) is 15.3. The van der Waals surface area contributed by atoms with Crippen LogP contribution in [0.1, 0.15) is 16.8 Å². The van der Waals surface area contributed by atoms with Crippen molar-refractivity contribution in [2.24, 2.45) is 0 Å². The molecule has 0 radical (unpaired) electrons. The number of amides is 1. The molecule has 1 atom stereocenters. The molecule has 0 saturated carbocycles. The third-order valence-electron chi connectivity index (χ3n) is 5.20. The van der Waals surface area contributed by atoms with Gasteiger partial charge in [-0.25, -0.2) is 4.98 Å². The van der Waals surface area contributed by atoms with Crippen molar-refractivity contribution in [1.29, 1.82) is 0 Å². The van der Waals surface area contributed by atoms with Crippen LogP contribution in [0.4, 0.5) is 0 Å². The lowest BCUT2D eigenvalue weighted by molar-refractivity contribution is 0.0516. The average Bonchev–Trinajstić information content (AvgIpc) is 3.11. The second kappa shape index (κ2) is 6.53. The van der Waals surface area contributed by atoms with E-state index in [1.807, 2.05) is 65.2 Å². The van der Waals surface area contributed by atoms with Gasteiger partial charge in [0, 0.05) is 54.7 Å². The minimum absolute atomic E-state index is 0.0982. The summed E-state index contributed by atoms with van der Waals surface area (Å²) in [5.74, 6) is 1.72. The minimum Gasteiger partial charge on any atom is -0.473 e. The fraction of sp³-hybridized carbons (Fsp3) is 0.286. The molecule has 0 unspecified atom stereocenters. The molecule has 0 aliphatic carbocycles. The summed E-state index contributed by atoms with van der Waals surface area (Å²) in [7, 11) is 0. The van der Waals surface area contributed by atoms with Crippen molar-refractivity contribution >= 4 is 28.6 Å². The van der Waals surface area contributed by atoms with Crippen LogP contribution in [0.3, 0.4) is 0 Å². The lowest BCUT2D eigenvalue weighted by Gasteiger charge is -2.47. The van der Waals surface area contributed by atoms with Crippen LogP contribution in [0.5, 0.6) is 5.88 Å². The average molecular weight is 377 g/mol. The van der Waals surface area contributed by atoms with Gasteiger partial charge < -0.3 is 9.64 Å². The first-order chi connectivity index (χ1) is 13.2. The third kappa shape index (κ3) is 3.14. The van der Waals surface area contributed by atoms with E-state index in [0.717, 1.165) is 41.7 Å². The van der Waals surface area contributed by atoms with Crippen LogP contribution < -0.4 is 4.74 Å². The maximum absolute atomic E-state index is 12.8. The monoisotopic (exact) mass is 377 g/mol. The molecule has 6 heteroatoms. The van der Waals surface area contributed by atoms with E-state index in [2.05, 4.69) is 9.97 Å². The topological polar surface area (TPSA) is 55.3 Å². The van der Waals surface area contributed by atoms with Crippen molar-refractivity contribution in [3.05, 3.63) is 66.5 Å². The molecule has 2 aromatic heterocycles. The Morgan fingerprint density at radius 1 is 1.11 bits per heavy atom. The third-order valence-corrected chi connectivity index (χ3v) is 6.77. The van der Waals surface area contributed by atoms with Gasteiger partial charge in [0.2, 0.25) is 5.88 Å². The number of pyridine rings is 2. The van der Waals surface area contributed by atoms with Crippen LogP contribution in [-0.4, -0.2) is 50.5 Å². The first-order valence-electron chi connectivity index (χ1n) is 9.07. The molecule has 1 amide bonds. The molecule has 1 aromatic carbocycles. The van der Waals surface area contributed by atoms with Crippen molar-refractivity contribution in [1.82, 2.24) is 14.9 Å². The van der Waals surface area contributed by atoms with E-state index in [9.17, 15) is 4.79 Å². The first kappa shape index (κ1) is 16.6. The Hall–Kier alpha value is -2.60. The Balaban J connectivity index is 1.23. The van der Waals surface area contributed by atoms with Gasteiger partial charge in [-0.3, -0.25) is 9.78 Å². The fourth-order valence-corrected chi connectivity index (χ4v) is 5.39. The number of nitrogens with zero attached hydrogens (tertiary/aromatic N) is 3. The maximum Gasteiger partial charge on any atom is 0.253 e. The van der Waals surface area contributed by atoms with Crippen LogP contribution in [0.15, 0.2) is 60.9 Å². The number of carbonyl (C=O) groups is 1. The van der Waals surface area contributed by atoms with Crippen molar-refractivity contribution < 1.29 is 9.53 Å². The van der Waals surface area contributed by atoms with Crippen molar-refractivity contribution in [3.63, 3.8) is 0 Å². The highest BCUT2D eigenvalue weighted by Crippen LogP contribution is 2.46. The molecule has 136 valence electrons. The predicted octanol–water partition coefficient (Wildman–Crippen LogP) is 3.41. The summed E-state index contributed by atoms with van der Waals surface area (Å²) in [5, 5.41) is 0.998. The number of fused-ring (bicyclic) bond motifs is 1. The number of benzene rings is 1. The zero-order valence-corrected chi connectivity index (χ0v) is 15.6. The van der Waals surface area contributed by atoms with E-state index < -0.39 is 0 Å². The molecule has 27 heavy (non-hydrogen) atoms. The van der Waals surface area contributed by atoms with E-state index >= 15 is 0 Å². The highest BCUT2D eigenvalue weighted by molar-refractivity contribution is 8.01. The maximum atomic E-state index is 12.8. The summed E-state index contributed by atoms with van der Waals surface area (Å²) in [6.45, 7) is 1.56. The van der Waals surface area contributed by atoms with Gasteiger partial charge in [-0.2, -0.15) is 0 Å². The van der Waals surface area contributed by atoms with Crippen molar-refractivity contribution in [2.45, 2.75) is 17.3 Å². The lowest BCUT2D eigenvalue weighted by Crippen LogP contribution is -2.60. The largest absolute Gasteiger partial charge is 0.473 e. The van der Waals surface area contributed by atoms with Gasteiger partial charge in [0.1, 0.15) is 6.10 Å². The Morgan fingerprint density at radius 2 is 2.00 bits per heavy atom. The van der Waals surface area contributed by atoms with Crippen molar-refractivity contribution in [3.8, 4) is 5.88 Å². The van der Waals surface area contributed by atoms with Gasteiger partial charge in [-0.15, -0.1) is 11.8 Å². The van der Waals surface area contributed by atoms with E-state index in [4.69, 9.17) is 4.74 Å². The van der Waals surface area contributed by atoms with E-state index in [1.165, 1.54) is 0 Å². The fourth-order valence-electron chi connectivity index (χ4n) is 3.87. The first-order valence-corrected chi connectivity index (χ1v) is 10.1. The predicted molar refractivity (Wildman–Crippen MR) is 106 cm³/mol. The molecule has 3 aromatic rings. The SMILES string of the molecule is O=C(c1ccc2ncccc2c1)N1CC2(C[C@H](Oc3ccccn3)CS2)C1. The van der Waals surface area contributed by atoms with Crippen LogP contribution >= 0.6 is 11.8 Å². The lowest BCUT2D eigenvalue weighted by atomic mass is 9.92. The number of aromatic nitrogens is 2. The minimum atomic E-state index is 0.0982. The van der Waals surface area contributed by atoms with E-state index in [-0.39, 0.29) is 16.8 Å². The van der Waals surface area contributed by atoms with E-state index in [0.29, 0.717) is 5.88 Å². The normalized spacial score (nSPS) is 20.6. The summed E-state index contributed by atoms with van der Waals surface area (Å²) >= 11 is 1.92. The number of ether oxygens (including phenoxy) is 1. The molecule has 0 bridgehead atoms. The molecule has 2 aliphatic heterocycles. The molecule has 0 N–H and O–H groups in total. The van der Waals surface area contributed by atoms with Crippen LogP contribution in [0, 0.1) is 0 Å². The molecule has 5 rings (SSSR count). The highest BCUT2D eigenvalue weighted by Gasteiger charge is 2.51. The number of thioether (sulfide) groups is 1. The smallest absolute Gasteiger partial charge is 0.253 e. The van der Waals surface area contributed by atoms with Gasteiger partial charge in [-0.1, -0.05) is 12.1 Å². The standard InChI is InChI=1S/C21H19N3O2S/c25-20(16-6-7-18-15(10-16)4-3-9-22-18)24-13-21(14-24)11-17(12-27-21)26-19-5-1-2-8-23-19/h1-10,17H,11-14H2/t17-/m0/s1. The molecule has 2 saturated heterocycles. The van der Waals surface area contributed by atoms with Crippen LogP contribution in [-0.2, 0) is 0 Å². The summed E-state index contributed by atoms with van der Waals surface area (Å²) in [4.78, 5) is 23.3. The zero-order valence-electron chi connectivity index (χ0n) is 14.7. The molecular formula is C21H19N3O2S. The number of hydrogen-bond acceptors (Lipinski definition) is 5. The Bertz CT molecular complexity index is 989. The quantitative estimate of drug-likeness (QED) is 0.700. The van der Waals surface area contributed by atoms with Gasteiger partial charge in [-0.05, 0) is 30.3 Å². The van der Waals surface area contributed by atoms with Gasteiger partial charge in [0.25, 0.3) is 5.91 Å². The van der Waals surface area contributed by atoms with Gasteiger partial charge >= 0.3 is 0 Å². The van der Waals surface area contributed by atoms with Gasteiger partial charge in [0.05, 0.1) is 10.3 Å². The number of carbonyl (C=O) groups excluding carboxylic acids is 1. The van der Waals surface area contributed by atoms with Gasteiger partial charge in [0.15, 0.2) is 0 Å². The summed E-state index contributed by atoms with van der Waals surface area (Å²) in [6.07, 6.45) is 4.63. The van der Waals surface area contributed by atoms with Crippen LogP contribution in [0.25, 0.3) is 10.9 Å². The van der Waals surface area contributed by atoms with Crippen LogP contribution in [0.2, 0.25) is 0 Å². The Labute approximate surface area is 161 Å². The summed E-state index contributed by atoms with van der Waals surface area (Å²) in [5.41, 5.74) is 1.64. The number of hydrogen-bond donors (Lipinski definition) is 0. The Kier molecular flexibility index (Phi) is 4.01. The Morgan fingerprint density at radius 3 is 2.85 bits per heavy atom. The second-order valence-corrected chi connectivity index (χ2v) is 8.67. The zero-order chi connectivity index (χ0) is 18.3. The van der Waals surface area contributed by atoms with E-state index in [1.54, 1.807) is 12.4 Å². The highest BCUT2D eigenvalue weighted by atomic mass is 32.2. The summed E-state index contributed by atoms with van der Waals surface area (Å²) < 4.78 is 6.13. The second-order valence-electron chi connectivity index (χ2n) is 7.18. The number of likely N-dealkylation sites (tertiary alicyclic amines) is 1. The molecule has 2 aliphatic rings.